The normalized spacial score (nSPS) is 33.0. The lowest BCUT2D eigenvalue weighted by atomic mass is 9.51. The molecule has 5 rings (SSSR count). The fraction of sp³-hybridized carbons (Fsp3) is 0.545. The van der Waals surface area contributed by atoms with Crippen LogP contribution < -0.4 is 14.4 Å². The summed E-state index contributed by atoms with van der Waals surface area (Å²) >= 11 is 0. The Bertz CT molecular complexity index is 1020. The molecular formula is C22H24N2O7. The number of nitrogens with zero attached hydrogens (tertiary/aromatic N) is 2. The summed E-state index contributed by atoms with van der Waals surface area (Å²) in [5, 5.41) is 9.70. The number of hydrogen-bond acceptors (Lipinski definition) is 6. The molecule has 1 aromatic carbocycles. The highest BCUT2D eigenvalue weighted by atomic mass is 16.5. The molecule has 0 radical (unpaired) electrons. The summed E-state index contributed by atoms with van der Waals surface area (Å²) in [7, 11) is 2.98. The molecule has 4 aliphatic rings. The van der Waals surface area contributed by atoms with Crippen molar-refractivity contribution in [2.45, 2.75) is 49.6 Å². The Morgan fingerprint density at radius 2 is 2.06 bits per heavy atom. The van der Waals surface area contributed by atoms with Gasteiger partial charge in [0.25, 0.3) is 0 Å². The molecule has 0 bridgehead atoms. The number of methoxy groups -OCH3 is 2. The first-order valence-electron chi connectivity index (χ1n) is 10.4. The second-order valence-electron chi connectivity index (χ2n) is 8.89. The zero-order valence-corrected chi connectivity index (χ0v) is 17.4. The van der Waals surface area contributed by atoms with Crippen LogP contribution in [0.1, 0.15) is 37.7 Å². The zero-order valence-electron chi connectivity index (χ0n) is 17.4. The van der Waals surface area contributed by atoms with Gasteiger partial charge >= 0.3 is 5.97 Å². The molecule has 2 amide bonds. The van der Waals surface area contributed by atoms with Crippen molar-refractivity contribution in [1.82, 2.24) is 4.90 Å². The van der Waals surface area contributed by atoms with Crippen LogP contribution in [0.2, 0.25) is 0 Å². The van der Waals surface area contributed by atoms with Gasteiger partial charge in [-0.1, -0.05) is 6.07 Å². The molecule has 9 heteroatoms. The molecule has 9 nitrogen and oxygen atoms in total. The number of piperidine rings is 1. The molecular weight excluding hydrogens is 404 g/mol. The highest BCUT2D eigenvalue weighted by Gasteiger charge is 2.74. The molecule has 1 N–H and O–H groups in total. The number of benzene rings is 1. The number of rotatable bonds is 5. The summed E-state index contributed by atoms with van der Waals surface area (Å²) in [4.78, 5) is 54.1. The van der Waals surface area contributed by atoms with Crippen molar-refractivity contribution >= 4 is 29.8 Å². The molecule has 1 aromatic rings. The van der Waals surface area contributed by atoms with Gasteiger partial charge in [0.1, 0.15) is 5.78 Å². The summed E-state index contributed by atoms with van der Waals surface area (Å²) in [5.41, 5.74) is -0.777. The average Bonchev–Trinajstić information content (AvgIpc) is 3.20. The van der Waals surface area contributed by atoms with Crippen molar-refractivity contribution in [2.24, 2.45) is 5.41 Å². The van der Waals surface area contributed by atoms with Crippen LogP contribution in [0.25, 0.3) is 0 Å². The Hall–Kier alpha value is -3.10. The van der Waals surface area contributed by atoms with Crippen molar-refractivity contribution in [3.8, 4) is 11.5 Å². The van der Waals surface area contributed by atoms with Gasteiger partial charge in [0.2, 0.25) is 12.3 Å². The van der Waals surface area contributed by atoms with Crippen LogP contribution in [0.3, 0.4) is 0 Å². The van der Waals surface area contributed by atoms with Crippen molar-refractivity contribution < 1.29 is 33.8 Å². The molecule has 3 heterocycles. The van der Waals surface area contributed by atoms with E-state index in [0.29, 0.717) is 43.0 Å². The molecule has 164 valence electrons. The van der Waals surface area contributed by atoms with Crippen LogP contribution in [0.4, 0.5) is 5.69 Å². The first kappa shape index (κ1) is 19.8. The monoisotopic (exact) mass is 428 g/mol. The minimum Gasteiger partial charge on any atom is -0.493 e. The van der Waals surface area contributed by atoms with Gasteiger partial charge < -0.3 is 24.4 Å². The Balaban J connectivity index is 1.82. The fourth-order valence-corrected chi connectivity index (χ4v) is 6.92. The fourth-order valence-electron chi connectivity index (χ4n) is 6.92. The summed E-state index contributed by atoms with van der Waals surface area (Å²) in [6, 6.07) is 2.39. The Morgan fingerprint density at radius 1 is 1.29 bits per heavy atom. The first-order valence-corrected chi connectivity index (χ1v) is 10.4. The topological polar surface area (TPSA) is 113 Å². The van der Waals surface area contributed by atoms with Gasteiger partial charge in [-0.05, 0) is 24.5 Å². The highest BCUT2D eigenvalue weighted by Crippen LogP contribution is 2.66. The van der Waals surface area contributed by atoms with Crippen LogP contribution >= 0.6 is 0 Å². The number of carboxylic acid groups (broad SMARTS) is 1. The lowest BCUT2D eigenvalue weighted by molar-refractivity contribution is -0.157. The summed E-state index contributed by atoms with van der Waals surface area (Å²) < 4.78 is 11.0. The number of carboxylic acids is 1. The molecule has 31 heavy (non-hydrogen) atoms. The van der Waals surface area contributed by atoms with E-state index >= 15 is 0 Å². The molecule has 0 unspecified atom stereocenters. The van der Waals surface area contributed by atoms with Gasteiger partial charge in [0.15, 0.2) is 11.5 Å². The SMILES string of the molecule is COc1ccc2c(c1OC)N(C=O)[C@@H]1CC(=O)[C@@]3(CC(=O)O)CCCN4C(=O)C[C@@]21[C@H]43. The summed E-state index contributed by atoms with van der Waals surface area (Å²) in [6.07, 6.45) is 1.49. The van der Waals surface area contributed by atoms with Gasteiger partial charge in [0.05, 0.1) is 43.8 Å². The number of carbonyl (C=O) groups is 4. The zero-order chi connectivity index (χ0) is 22.1. The quantitative estimate of drug-likeness (QED) is 0.699. The number of ketones is 1. The van der Waals surface area contributed by atoms with Crippen LogP contribution in [0, 0.1) is 5.41 Å². The Morgan fingerprint density at radius 3 is 2.71 bits per heavy atom. The lowest BCUT2D eigenvalue weighted by Gasteiger charge is -2.56. The van der Waals surface area contributed by atoms with E-state index in [1.54, 1.807) is 11.0 Å². The van der Waals surface area contributed by atoms with E-state index in [1.807, 2.05) is 6.07 Å². The molecule has 4 atom stereocenters. The second kappa shape index (κ2) is 6.45. The Labute approximate surface area is 178 Å². The first-order chi connectivity index (χ1) is 14.9. The molecule has 3 fully saturated rings. The van der Waals surface area contributed by atoms with E-state index in [4.69, 9.17) is 9.47 Å². The third-order valence-corrected chi connectivity index (χ3v) is 7.83. The van der Waals surface area contributed by atoms with Crippen molar-refractivity contribution in [2.75, 3.05) is 25.7 Å². The minimum atomic E-state index is -1.16. The third-order valence-electron chi connectivity index (χ3n) is 7.83. The van der Waals surface area contributed by atoms with Crippen LogP contribution in [0.15, 0.2) is 12.1 Å². The molecule has 3 aliphatic heterocycles. The maximum atomic E-state index is 13.5. The van der Waals surface area contributed by atoms with Crippen molar-refractivity contribution in [3.05, 3.63) is 17.7 Å². The number of hydrogen-bond donors (Lipinski definition) is 1. The number of ether oxygens (including phenoxy) is 2. The maximum Gasteiger partial charge on any atom is 0.304 e. The summed E-state index contributed by atoms with van der Waals surface area (Å²) in [5.74, 6) is -0.538. The highest BCUT2D eigenvalue weighted by molar-refractivity contribution is 6.00. The molecule has 1 saturated carbocycles. The van der Waals surface area contributed by atoms with Crippen LogP contribution in [-0.2, 0) is 24.6 Å². The number of carbonyl (C=O) groups excluding carboxylic acids is 3. The largest absolute Gasteiger partial charge is 0.493 e. The standard InChI is InChI=1S/C22H24N2O7/c1-30-13-5-4-12-18(19(13)31-2)24(11-25)14-8-15(26)21(10-17(28)29)6-3-7-23-16(27)9-22(12,14)20(21)23/h4-5,11,14,20H,3,6-10H2,1-2H3,(H,28,29)/t14-,20-,21+,22-/m1/s1. The van der Waals surface area contributed by atoms with Gasteiger partial charge in [0, 0.05) is 24.8 Å². The molecule has 2 saturated heterocycles. The Kier molecular flexibility index (Phi) is 4.13. The van der Waals surface area contributed by atoms with Gasteiger partial charge in [-0.15, -0.1) is 0 Å². The van der Waals surface area contributed by atoms with Crippen LogP contribution in [0.5, 0.6) is 11.5 Å². The second-order valence-corrected chi connectivity index (χ2v) is 8.89. The van der Waals surface area contributed by atoms with E-state index in [-0.39, 0.29) is 31.0 Å². The van der Waals surface area contributed by atoms with E-state index in [0.717, 1.165) is 5.56 Å². The maximum absolute atomic E-state index is 13.5. The minimum absolute atomic E-state index is 0.00376. The summed E-state index contributed by atoms with van der Waals surface area (Å²) in [6.45, 7) is 0.482. The number of Topliss-reactive ketones (excluding diaryl/α,β-unsaturated/α-hetero) is 1. The van der Waals surface area contributed by atoms with Crippen molar-refractivity contribution in [3.63, 3.8) is 0 Å². The van der Waals surface area contributed by atoms with E-state index in [2.05, 4.69) is 0 Å². The average molecular weight is 428 g/mol. The number of fused-ring (bicyclic) bond motifs is 1. The van der Waals surface area contributed by atoms with E-state index in [9.17, 15) is 24.3 Å². The lowest BCUT2D eigenvalue weighted by Crippen LogP contribution is -2.68. The molecule has 1 spiro atoms. The van der Waals surface area contributed by atoms with Gasteiger partial charge in [-0.3, -0.25) is 19.2 Å². The van der Waals surface area contributed by atoms with Gasteiger partial charge in [-0.2, -0.15) is 0 Å². The molecule has 0 aromatic heterocycles. The van der Waals surface area contributed by atoms with E-state index in [1.165, 1.54) is 19.1 Å². The predicted molar refractivity (Wildman–Crippen MR) is 107 cm³/mol. The van der Waals surface area contributed by atoms with Crippen LogP contribution in [-0.4, -0.2) is 66.9 Å². The number of aliphatic carboxylic acids is 1. The predicted octanol–water partition coefficient (Wildman–Crippen LogP) is 1.12. The van der Waals surface area contributed by atoms with Gasteiger partial charge in [-0.25, -0.2) is 0 Å². The van der Waals surface area contributed by atoms with Crippen molar-refractivity contribution in [1.29, 1.82) is 0 Å². The molecule has 1 aliphatic carbocycles. The number of amides is 2. The smallest absolute Gasteiger partial charge is 0.304 e. The van der Waals surface area contributed by atoms with E-state index < -0.39 is 28.9 Å². The number of anilines is 1. The third kappa shape index (κ3) is 2.21.